The molecule has 0 aliphatic carbocycles. The molecule has 0 saturated carbocycles. The van der Waals surface area contributed by atoms with Crippen LogP contribution in [0.15, 0.2) is 72.8 Å². The lowest BCUT2D eigenvalue weighted by molar-refractivity contribution is -0.174. The zero-order chi connectivity index (χ0) is 17.0. The first-order valence-corrected chi connectivity index (χ1v) is 8.10. The smallest absolute Gasteiger partial charge is 0.321 e. The first-order valence-electron chi connectivity index (χ1n) is 8.10. The minimum Gasteiger partial charge on any atom is -0.453 e. The van der Waals surface area contributed by atoms with Gasteiger partial charge in [-0.2, -0.15) is 0 Å². The second kappa shape index (κ2) is 6.83. The Hall–Kier alpha value is -2.68. The molecule has 24 heavy (non-hydrogen) atoms. The van der Waals surface area contributed by atoms with Crippen LogP contribution in [0.5, 0.6) is 0 Å². The van der Waals surface area contributed by atoms with Gasteiger partial charge in [0.1, 0.15) is 11.5 Å². The highest BCUT2D eigenvalue weighted by Gasteiger charge is 2.43. The Kier molecular flexibility index (Phi) is 4.61. The highest BCUT2D eigenvalue weighted by Crippen LogP contribution is 2.35. The summed E-state index contributed by atoms with van der Waals surface area (Å²) >= 11 is 0. The van der Waals surface area contributed by atoms with Crippen LogP contribution in [0.3, 0.4) is 0 Å². The molecule has 0 amide bonds. The summed E-state index contributed by atoms with van der Waals surface area (Å²) in [4.78, 5) is 24.8. The summed E-state index contributed by atoms with van der Waals surface area (Å²) in [7, 11) is 0. The van der Waals surface area contributed by atoms with E-state index in [1.54, 1.807) is 13.0 Å². The Morgan fingerprint density at radius 2 is 1.67 bits per heavy atom. The Bertz CT molecular complexity index is 729. The standard InChI is InChI=1S/C21H20O3/c1-21(17-12-6-3-7-13-17)15-19(22)18(20(23)24-21)14-8-11-16-9-4-2-5-10-16/h2-10,12-14,18H,11,15H2,1H3. The molecule has 2 aromatic rings. The molecule has 1 aliphatic heterocycles. The maximum atomic E-state index is 12.5. The second-order valence-corrected chi connectivity index (χ2v) is 6.26. The number of ketones is 1. The van der Waals surface area contributed by atoms with Crippen molar-refractivity contribution in [3.8, 4) is 0 Å². The number of rotatable bonds is 4. The summed E-state index contributed by atoms with van der Waals surface area (Å²) in [5.41, 5.74) is 1.11. The summed E-state index contributed by atoms with van der Waals surface area (Å²) < 4.78 is 5.63. The van der Waals surface area contributed by atoms with Crippen molar-refractivity contribution in [2.75, 3.05) is 0 Å². The van der Waals surface area contributed by atoms with E-state index in [9.17, 15) is 9.59 Å². The predicted molar refractivity (Wildman–Crippen MR) is 92.3 cm³/mol. The minimum absolute atomic E-state index is 0.0954. The van der Waals surface area contributed by atoms with Crippen LogP contribution in [0, 0.1) is 5.92 Å². The molecule has 0 N–H and O–H groups in total. The van der Waals surface area contributed by atoms with Gasteiger partial charge in [0.15, 0.2) is 5.78 Å². The quantitative estimate of drug-likeness (QED) is 0.488. The van der Waals surface area contributed by atoms with E-state index in [-0.39, 0.29) is 12.2 Å². The van der Waals surface area contributed by atoms with E-state index >= 15 is 0 Å². The van der Waals surface area contributed by atoms with Gasteiger partial charge in [-0.1, -0.05) is 72.8 Å². The average molecular weight is 320 g/mol. The Labute approximate surface area is 142 Å². The number of allylic oxidation sites excluding steroid dienone is 1. The zero-order valence-electron chi connectivity index (χ0n) is 13.6. The van der Waals surface area contributed by atoms with Crippen LogP contribution in [0.2, 0.25) is 0 Å². The van der Waals surface area contributed by atoms with E-state index in [0.717, 1.165) is 11.1 Å². The van der Waals surface area contributed by atoms with Gasteiger partial charge in [0, 0.05) is 0 Å². The van der Waals surface area contributed by atoms with Gasteiger partial charge >= 0.3 is 5.97 Å². The van der Waals surface area contributed by atoms with Gasteiger partial charge in [0.25, 0.3) is 0 Å². The van der Waals surface area contributed by atoms with Crippen LogP contribution < -0.4 is 0 Å². The Balaban J connectivity index is 1.70. The van der Waals surface area contributed by atoms with Crippen molar-refractivity contribution in [2.24, 2.45) is 5.92 Å². The van der Waals surface area contributed by atoms with Gasteiger partial charge in [-0.3, -0.25) is 9.59 Å². The van der Waals surface area contributed by atoms with Crippen LogP contribution in [-0.2, 0) is 26.3 Å². The second-order valence-electron chi connectivity index (χ2n) is 6.26. The fourth-order valence-electron chi connectivity index (χ4n) is 2.99. The van der Waals surface area contributed by atoms with Crippen LogP contribution in [-0.4, -0.2) is 11.8 Å². The summed E-state index contributed by atoms with van der Waals surface area (Å²) in [6.45, 7) is 1.79. The Morgan fingerprint density at radius 3 is 2.29 bits per heavy atom. The number of hydrogen-bond donors (Lipinski definition) is 0. The minimum atomic E-state index is -0.876. The van der Waals surface area contributed by atoms with Crippen molar-refractivity contribution < 1.29 is 14.3 Å². The fraction of sp³-hybridized carbons (Fsp3) is 0.238. The molecule has 0 radical (unpaired) electrons. The Morgan fingerprint density at radius 1 is 1.04 bits per heavy atom. The maximum absolute atomic E-state index is 12.5. The SMILES string of the molecule is CC1(c2ccccc2)CC(=O)C(C=CCc2ccccc2)C(=O)O1. The number of carbonyl (C=O) groups excluding carboxylic acids is 2. The van der Waals surface area contributed by atoms with Gasteiger partial charge in [0.05, 0.1) is 6.42 Å². The molecule has 0 bridgehead atoms. The molecule has 2 atom stereocenters. The number of hydrogen-bond acceptors (Lipinski definition) is 3. The predicted octanol–water partition coefficient (Wildman–Crippen LogP) is 3.83. The third-order valence-corrected chi connectivity index (χ3v) is 4.35. The van der Waals surface area contributed by atoms with E-state index in [0.29, 0.717) is 6.42 Å². The third kappa shape index (κ3) is 3.46. The molecule has 1 fully saturated rings. The van der Waals surface area contributed by atoms with Crippen molar-refractivity contribution in [1.29, 1.82) is 0 Å². The van der Waals surface area contributed by atoms with Crippen molar-refractivity contribution in [2.45, 2.75) is 25.4 Å². The molecular formula is C21H20O3. The van der Waals surface area contributed by atoms with Crippen LogP contribution in [0.25, 0.3) is 0 Å². The topological polar surface area (TPSA) is 43.4 Å². The molecule has 1 heterocycles. The van der Waals surface area contributed by atoms with Gasteiger partial charge in [-0.15, -0.1) is 0 Å². The molecule has 0 aromatic heterocycles. The van der Waals surface area contributed by atoms with Crippen molar-refractivity contribution in [3.63, 3.8) is 0 Å². The summed E-state index contributed by atoms with van der Waals surface area (Å²) in [5.74, 6) is -1.37. The fourth-order valence-corrected chi connectivity index (χ4v) is 2.99. The van der Waals surface area contributed by atoms with Gasteiger partial charge in [0.2, 0.25) is 0 Å². The number of esters is 1. The number of cyclic esters (lactones) is 1. The molecule has 1 saturated heterocycles. The number of benzene rings is 2. The molecule has 122 valence electrons. The van der Waals surface area contributed by atoms with Crippen molar-refractivity contribution in [1.82, 2.24) is 0 Å². The number of Topliss-reactive ketones (excluding diaryl/α,β-unsaturated/α-hetero) is 1. The lowest BCUT2D eigenvalue weighted by Gasteiger charge is -2.35. The largest absolute Gasteiger partial charge is 0.453 e. The van der Waals surface area contributed by atoms with E-state index in [2.05, 4.69) is 0 Å². The van der Waals surface area contributed by atoms with E-state index < -0.39 is 17.5 Å². The molecule has 3 nitrogen and oxygen atoms in total. The van der Waals surface area contributed by atoms with Gasteiger partial charge in [-0.25, -0.2) is 0 Å². The molecule has 3 rings (SSSR count). The summed E-state index contributed by atoms with van der Waals surface area (Å²) in [6, 6.07) is 19.3. The van der Waals surface area contributed by atoms with E-state index in [4.69, 9.17) is 4.74 Å². The van der Waals surface area contributed by atoms with Crippen molar-refractivity contribution >= 4 is 11.8 Å². The van der Waals surface area contributed by atoms with Crippen LogP contribution >= 0.6 is 0 Å². The molecule has 0 spiro atoms. The summed E-state index contributed by atoms with van der Waals surface area (Å²) in [5, 5.41) is 0. The third-order valence-electron chi connectivity index (χ3n) is 4.35. The lowest BCUT2D eigenvalue weighted by atomic mass is 9.83. The zero-order valence-corrected chi connectivity index (χ0v) is 13.6. The highest BCUT2D eigenvalue weighted by atomic mass is 16.6. The maximum Gasteiger partial charge on any atom is 0.321 e. The normalized spacial score (nSPS) is 24.1. The monoisotopic (exact) mass is 320 g/mol. The molecule has 3 heteroatoms. The first-order chi connectivity index (χ1) is 11.6. The van der Waals surface area contributed by atoms with Crippen molar-refractivity contribution in [3.05, 3.63) is 83.9 Å². The lowest BCUT2D eigenvalue weighted by Crippen LogP contribution is -2.43. The first kappa shape index (κ1) is 16.2. The van der Waals surface area contributed by atoms with Crippen LogP contribution in [0.1, 0.15) is 24.5 Å². The van der Waals surface area contributed by atoms with Crippen LogP contribution in [0.4, 0.5) is 0 Å². The molecule has 2 aromatic carbocycles. The number of carbonyl (C=O) groups is 2. The summed E-state index contributed by atoms with van der Waals surface area (Å²) in [6.07, 6.45) is 4.42. The average Bonchev–Trinajstić information content (AvgIpc) is 2.59. The van der Waals surface area contributed by atoms with E-state index in [1.165, 1.54) is 0 Å². The molecule has 2 unspecified atom stereocenters. The van der Waals surface area contributed by atoms with Gasteiger partial charge < -0.3 is 4.74 Å². The molecular weight excluding hydrogens is 300 g/mol. The van der Waals surface area contributed by atoms with Gasteiger partial charge in [-0.05, 0) is 24.5 Å². The number of ether oxygens (including phenoxy) is 1. The highest BCUT2D eigenvalue weighted by molar-refractivity contribution is 6.03. The molecule has 1 aliphatic rings. The van der Waals surface area contributed by atoms with E-state index in [1.807, 2.05) is 66.7 Å².